The summed E-state index contributed by atoms with van der Waals surface area (Å²) in [6.45, 7) is 9.34. The molecule has 0 spiro atoms. The molecule has 0 saturated carbocycles. The molecule has 0 aromatic rings. The van der Waals surface area contributed by atoms with Crippen LogP contribution in [-0.4, -0.2) is 95.1 Å². The minimum absolute atomic E-state index is 0.0752. The number of ether oxygens (including phenoxy) is 2. The molecule has 0 saturated heterocycles. The maximum atomic E-state index is 12.3. The van der Waals surface area contributed by atoms with Crippen molar-refractivity contribution in [1.29, 1.82) is 0 Å². The van der Waals surface area contributed by atoms with Crippen LogP contribution >= 0.6 is 23.7 Å². The van der Waals surface area contributed by atoms with Crippen molar-refractivity contribution in [2.45, 2.75) is 89.9 Å². The summed E-state index contributed by atoms with van der Waals surface area (Å²) in [6, 6.07) is 0.422. The summed E-state index contributed by atoms with van der Waals surface area (Å²) in [4.78, 5) is 0. The highest BCUT2D eigenvalue weighted by Crippen LogP contribution is 2.50. The largest absolute Gasteiger partial charge is 0.371 e. The fourth-order valence-corrected chi connectivity index (χ4v) is 8.39. The molecule has 4 atom stereocenters. The molecule has 14 heteroatoms. The van der Waals surface area contributed by atoms with Gasteiger partial charge in [0.25, 0.3) is 8.53 Å². The molecular weight excluding hydrogens is 579 g/mol. The molecule has 0 aromatic heterocycles. The van der Waals surface area contributed by atoms with E-state index in [1.54, 1.807) is 0 Å². The van der Waals surface area contributed by atoms with Gasteiger partial charge in [-0.25, -0.2) is 4.67 Å². The molecule has 0 bridgehead atoms. The highest BCUT2D eigenvalue weighted by atomic mass is 31.2. The van der Waals surface area contributed by atoms with E-state index in [9.17, 15) is 9.13 Å². The van der Waals surface area contributed by atoms with Crippen molar-refractivity contribution < 1.29 is 45.7 Å². The standard InChI is InChI=1S/C26H50NO10P3/c1-21(2)27(22(3)4)38(36-25-15-13-23(34-19-25)11-9-17-39(28,30-5)31-6)37-26-16-14-24(35-20-26)12-10-18-40(29,32-7)33-8/h13-16,21-26H,9-12,17-20H2,1-8H3/t23-,24-,25-,26-/m0/s1. The number of hydrogen-bond acceptors (Lipinski definition) is 11. The molecule has 234 valence electrons. The summed E-state index contributed by atoms with van der Waals surface area (Å²) < 4.78 is 71.9. The summed E-state index contributed by atoms with van der Waals surface area (Å²) in [5.41, 5.74) is 0. The van der Waals surface area contributed by atoms with Gasteiger partial charge in [-0.05, 0) is 53.4 Å². The molecule has 40 heavy (non-hydrogen) atoms. The van der Waals surface area contributed by atoms with E-state index < -0.39 is 23.7 Å². The molecule has 0 radical (unpaired) electrons. The first-order valence-electron chi connectivity index (χ1n) is 13.9. The third-order valence-corrected chi connectivity index (χ3v) is 12.8. The Morgan fingerprint density at radius 2 is 1.10 bits per heavy atom. The lowest BCUT2D eigenvalue weighted by atomic mass is 10.1. The second kappa shape index (κ2) is 18.0. The molecule has 2 heterocycles. The Morgan fingerprint density at radius 3 is 1.38 bits per heavy atom. The number of hydrogen-bond donors (Lipinski definition) is 0. The zero-order chi connectivity index (χ0) is 29.8. The Balaban J connectivity index is 1.94. The smallest absolute Gasteiger partial charge is 0.330 e. The monoisotopic (exact) mass is 629 g/mol. The van der Waals surface area contributed by atoms with Gasteiger partial charge in [0.1, 0.15) is 12.2 Å². The van der Waals surface area contributed by atoms with Crippen LogP contribution in [0.15, 0.2) is 24.3 Å². The predicted octanol–water partition coefficient (Wildman–Crippen LogP) is 6.54. The van der Waals surface area contributed by atoms with Gasteiger partial charge in [-0.1, -0.05) is 24.3 Å². The molecule has 0 fully saturated rings. The lowest BCUT2D eigenvalue weighted by molar-refractivity contribution is -0.00419. The van der Waals surface area contributed by atoms with E-state index >= 15 is 0 Å². The van der Waals surface area contributed by atoms with E-state index in [1.165, 1.54) is 28.4 Å². The number of rotatable bonds is 19. The molecule has 0 N–H and O–H groups in total. The third-order valence-electron chi connectivity index (χ3n) is 6.68. The summed E-state index contributed by atoms with van der Waals surface area (Å²) in [5, 5.41) is 0. The summed E-state index contributed by atoms with van der Waals surface area (Å²) in [5.74, 6) is 0. The maximum absolute atomic E-state index is 12.3. The summed E-state index contributed by atoms with van der Waals surface area (Å²) in [7, 11) is -1.81. The van der Waals surface area contributed by atoms with Crippen LogP contribution in [-0.2, 0) is 45.7 Å². The second-order valence-corrected chi connectivity index (χ2v) is 16.4. The Morgan fingerprint density at radius 1 is 0.725 bits per heavy atom. The van der Waals surface area contributed by atoms with E-state index in [1.807, 2.05) is 24.3 Å². The Labute approximate surface area is 242 Å². The van der Waals surface area contributed by atoms with Crippen LogP contribution < -0.4 is 0 Å². The van der Waals surface area contributed by atoms with Crippen LogP contribution in [0.25, 0.3) is 0 Å². The minimum atomic E-state index is -3.01. The lowest BCUT2D eigenvalue weighted by Crippen LogP contribution is -2.37. The highest BCUT2D eigenvalue weighted by Gasteiger charge is 2.33. The van der Waals surface area contributed by atoms with Gasteiger partial charge in [-0.3, -0.25) is 9.13 Å². The average molecular weight is 630 g/mol. The van der Waals surface area contributed by atoms with Crippen molar-refractivity contribution >= 4 is 23.7 Å². The van der Waals surface area contributed by atoms with Gasteiger partial charge < -0.3 is 36.6 Å². The van der Waals surface area contributed by atoms with Crippen LogP contribution in [0.2, 0.25) is 0 Å². The van der Waals surface area contributed by atoms with E-state index in [2.05, 4.69) is 32.4 Å². The second-order valence-electron chi connectivity index (χ2n) is 10.3. The molecule has 2 aliphatic rings. The van der Waals surface area contributed by atoms with Crippen molar-refractivity contribution in [3.05, 3.63) is 24.3 Å². The van der Waals surface area contributed by atoms with Gasteiger partial charge in [0.05, 0.1) is 37.7 Å². The lowest BCUT2D eigenvalue weighted by Gasteiger charge is -2.39. The molecule has 0 amide bonds. The van der Waals surface area contributed by atoms with Gasteiger partial charge in [-0.15, -0.1) is 0 Å². The van der Waals surface area contributed by atoms with Gasteiger partial charge in [0, 0.05) is 40.5 Å². The Kier molecular flexibility index (Phi) is 16.3. The van der Waals surface area contributed by atoms with Crippen molar-refractivity contribution in [1.82, 2.24) is 4.67 Å². The van der Waals surface area contributed by atoms with Crippen LogP contribution in [0.3, 0.4) is 0 Å². The quantitative estimate of drug-likeness (QED) is 0.115. The van der Waals surface area contributed by atoms with E-state index in [-0.39, 0.29) is 36.5 Å². The van der Waals surface area contributed by atoms with Crippen molar-refractivity contribution in [3.63, 3.8) is 0 Å². The fraction of sp³-hybridized carbons (Fsp3) is 0.846. The van der Waals surface area contributed by atoms with E-state index in [0.717, 1.165) is 12.8 Å². The molecule has 0 aliphatic carbocycles. The number of nitrogens with zero attached hydrogens (tertiary/aromatic N) is 1. The first kappa shape index (κ1) is 36.2. The normalized spacial score (nSPS) is 24.2. The van der Waals surface area contributed by atoms with Gasteiger partial charge in [-0.2, -0.15) is 0 Å². The van der Waals surface area contributed by atoms with Gasteiger partial charge in [0.2, 0.25) is 0 Å². The topological polar surface area (TPSA) is 111 Å². The maximum Gasteiger partial charge on any atom is 0.330 e. The molecule has 0 aromatic carbocycles. The van der Waals surface area contributed by atoms with Crippen molar-refractivity contribution in [2.75, 3.05) is 54.0 Å². The average Bonchev–Trinajstić information content (AvgIpc) is 2.94. The zero-order valence-electron chi connectivity index (χ0n) is 25.3. The zero-order valence-corrected chi connectivity index (χ0v) is 28.0. The van der Waals surface area contributed by atoms with E-state index in [0.29, 0.717) is 38.4 Å². The van der Waals surface area contributed by atoms with Gasteiger partial charge >= 0.3 is 15.2 Å². The van der Waals surface area contributed by atoms with Crippen LogP contribution in [0.1, 0.15) is 53.4 Å². The predicted molar refractivity (Wildman–Crippen MR) is 158 cm³/mol. The highest BCUT2D eigenvalue weighted by molar-refractivity contribution is 7.54. The summed E-state index contributed by atoms with van der Waals surface area (Å²) >= 11 is 0. The first-order valence-corrected chi connectivity index (χ1v) is 18.5. The molecule has 2 rings (SSSR count). The Hall–Kier alpha value is 0.01000. The van der Waals surface area contributed by atoms with Crippen LogP contribution in [0.4, 0.5) is 0 Å². The van der Waals surface area contributed by atoms with Crippen molar-refractivity contribution in [3.8, 4) is 0 Å². The summed E-state index contributed by atoms with van der Waals surface area (Å²) in [6.07, 6.45) is 10.9. The molecule has 11 nitrogen and oxygen atoms in total. The SMILES string of the molecule is COP(=O)(CCC[C@H]1C=C[C@H](OP(O[C@H]2C=C[C@H](CCCP(=O)(OC)OC)OC2)N(C(C)C)C(C)C)CO1)OC. The molecule has 2 aliphatic heterocycles. The van der Waals surface area contributed by atoms with Crippen molar-refractivity contribution in [2.24, 2.45) is 0 Å². The molecule has 0 unspecified atom stereocenters. The first-order chi connectivity index (χ1) is 19.0. The third kappa shape index (κ3) is 11.9. The van der Waals surface area contributed by atoms with Crippen LogP contribution in [0.5, 0.6) is 0 Å². The Bertz CT molecular complexity index is 803. The van der Waals surface area contributed by atoms with Gasteiger partial charge in [0.15, 0.2) is 0 Å². The fourth-order valence-electron chi connectivity index (χ4n) is 4.47. The minimum Gasteiger partial charge on any atom is -0.371 e. The molecular formula is C26H50NO10P3. The van der Waals surface area contributed by atoms with E-state index in [4.69, 9.17) is 36.6 Å². The van der Waals surface area contributed by atoms with Crippen LogP contribution in [0, 0.1) is 0 Å².